The molecule has 0 bridgehead atoms. The molecule has 106 valence electrons. The van der Waals surface area contributed by atoms with Crippen LogP contribution in [0.3, 0.4) is 0 Å². The highest BCUT2D eigenvalue weighted by Crippen LogP contribution is 2.17. The van der Waals surface area contributed by atoms with Crippen molar-refractivity contribution in [2.75, 3.05) is 7.05 Å². The third kappa shape index (κ3) is 3.71. The van der Waals surface area contributed by atoms with Gasteiger partial charge >= 0.3 is 5.97 Å². The third-order valence-electron chi connectivity index (χ3n) is 2.95. The summed E-state index contributed by atoms with van der Waals surface area (Å²) in [6.07, 6.45) is 0. The summed E-state index contributed by atoms with van der Waals surface area (Å²) in [5, 5.41) is 8.96. The lowest BCUT2D eigenvalue weighted by Crippen LogP contribution is -2.16. The monoisotopic (exact) mass is 337 g/mol. The number of carboxylic acid groups (broad SMARTS) is 1. The van der Waals surface area contributed by atoms with Gasteiger partial charge in [-0.3, -0.25) is 4.90 Å². The standard InChI is InChI=1S/C15H16BrNO3/c1-10-7-13(20-14(10)15(18)19)9-17(2)8-11-3-5-12(16)6-4-11/h3-7H,8-9H2,1-2H3,(H,18,19). The molecule has 0 saturated heterocycles. The first kappa shape index (κ1) is 14.8. The first-order valence-corrected chi connectivity index (χ1v) is 7.00. The van der Waals surface area contributed by atoms with Crippen LogP contribution in [0.2, 0.25) is 0 Å². The van der Waals surface area contributed by atoms with Gasteiger partial charge in [-0.05, 0) is 37.7 Å². The van der Waals surface area contributed by atoms with E-state index in [-0.39, 0.29) is 5.76 Å². The van der Waals surface area contributed by atoms with Crippen LogP contribution >= 0.6 is 15.9 Å². The molecule has 0 aliphatic carbocycles. The van der Waals surface area contributed by atoms with Crippen LogP contribution in [-0.4, -0.2) is 23.0 Å². The van der Waals surface area contributed by atoms with Gasteiger partial charge in [0.1, 0.15) is 5.76 Å². The SMILES string of the molecule is Cc1cc(CN(C)Cc2ccc(Br)cc2)oc1C(=O)O. The van der Waals surface area contributed by atoms with Crippen molar-refractivity contribution in [1.82, 2.24) is 4.90 Å². The summed E-state index contributed by atoms with van der Waals surface area (Å²) in [6.45, 7) is 3.09. The predicted molar refractivity (Wildman–Crippen MR) is 79.7 cm³/mol. The first-order chi connectivity index (χ1) is 9.45. The second-order valence-corrected chi connectivity index (χ2v) is 5.74. The van der Waals surface area contributed by atoms with Crippen molar-refractivity contribution in [3.63, 3.8) is 0 Å². The van der Waals surface area contributed by atoms with E-state index in [2.05, 4.69) is 33.0 Å². The fourth-order valence-corrected chi connectivity index (χ4v) is 2.33. The van der Waals surface area contributed by atoms with Gasteiger partial charge < -0.3 is 9.52 Å². The molecule has 1 aromatic carbocycles. The molecule has 2 rings (SSSR count). The van der Waals surface area contributed by atoms with Crippen molar-refractivity contribution in [2.24, 2.45) is 0 Å². The van der Waals surface area contributed by atoms with E-state index in [1.165, 1.54) is 5.56 Å². The fraction of sp³-hybridized carbons (Fsp3) is 0.267. The van der Waals surface area contributed by atoms with E-state index < -0.39 is 5.97 Å². The number of rotatable bonds is 5. The lowest BCUT2D eigenvalue weighted by Gasteiger charge is -2.15. The van der Waals surface area contributed by atoms with Crippen molar-refractivity contribution in [3.8, 4) is 0 Å². The molecule has 1 N–H and O–H groups in total. The lowest BCUT2D eigenvalue weighted by molar-refractivity contribution is 0.0657. The van der Waals surface area contributed by atoms with Crippen LogP contribution in [0, 0.1) is 6.92 Å². The Morgan fingerprint density at radius 1 is 1.30 bits per heavy atom. The van der Waals surface area contributed by atoms with Crippen LogP contribution in [0.15, 0.2) is 39.2 Å². The Bertz CT molecular complexity index is 604. The van der Waals surface area contributed by atoms with Gasteiger partial charge in [-0.2, -0.15) is 0 Å². The Morgan fingerprint density at radius 3 is 2.50 bits per heavy atom. The Morgan fingerprint density at radius 2 is 1.95 bits per heavy atom. The van der Waals surface area contributed by atoms with Gasteiger partial charge in [0.2, 0.25) is 5.76 Å². The summed E-state index contributed by atoms with van der Waals surface area (Å²) in [4.78, 5) is 13.0. The molecule has 20 heavy (non-hydrogen) atoms. The predicted octanol–water partition coefficient (Wildman–Crippen LogP) is 3.68. The van der Waals surface area contributed by atoms with Crippen LogP contribution in [0.5, 0.6) is 0 Å². The van der Waals surface area contributed by atoms with Crippen LogP contribution in [0.25, 0.3) is 0 Å². The van der Waals surface area contributed by atoms with E-state index in [1.807, 2.05) is 19.2 Å². The van der Waals surface area contributed by atoms with Crippen LogP contribution in [0.4, 0.5) is 0 Å². The highest BCUT2D eigenvalue weighted by molar-refractivity contribution is 9.10. The fourth-order valence-electron chi connectivity index (χ4n) is 2.06. The maximum Gasteiger partial charge on any atom is 0.372 e. The van der Waals surface area contributed by atoms with Crippen molar-refractivity contribution < 1.29 is 14.3 Å². The van der Waals surface area contributed by atoms with Gasteiger partial charge in [-0.1, -0.05) is 28.1 Å². The molecule has 0 radical (unpaired) electrons. The van der Waals surface area contributed by atoms with E-state index in [1.54, 1.807) is 13.0 Å². The van der Waals surface area contributed by atoms with Gasteiger partial charge in [0.25, 0.3) is 0 Å². The molecule has 4 nitrogen and oxygen atoms in total. The number of hydrogen-bond acceptors (Lipinski definition) is 3. The molecule has 0 atom stereocenters. The zero-order valence-electron chi connectivity index (χ0n) is 11.4. The zero-order chi connectivity index (χ0) is 14.7. The van der Waals surface area contributed by atoms with Crippen LogP contribution < -0.4 is 0 Å². The average Bonchev–Trinajstić information content (AvgIpc) is 2.73. The molecule has 0 aliphatic heterocycles. The van der Waals surface area contributed by atoms with Crippen molar-refractivity contribution in [1.29, 1.82) is 0 Å². The highest BCUT2D eigenvalue weighted by Gasteiger charge is 2.15. The normalized spacial score (nSPS) is 11.0. The summed E-state index contributed by atoms with van der Waals surface area (Å²) < 4.78 is 6.41. The Labute approximate surface area is 126 Å². The first-order valence-electron chi connectivity index (χ1n) is 6.21. The summed E-state index contributed by atoms with van der Waals surface area (Å²) in [6, 6.07) is 9.89. The molecule has 0 unspecified atom stereocenters. The van der Waals surface area contributed by atoms with E-state index in [9.17, 15) is 4.79 Å². The summed E-state index contributed by atoms with van der Waals surface area (Å²) in [5.41, 5.74) is 1.85. The Kier molecular flexibility index (Phi) is 4.62. The number of halogens is 1. The number of hydrogen-bond donors (Lipinski definition) is 1. The number of benzene rings is 1. The molecule has 0 spiro atoms. The highest BCUT2D eigenvalue weighted by atomic mass is 79.9. The number of furan rings is 1. The average molecular weight is 338 g/mol. The van der Waals surface area contributed by atoms with Crippen molar-refractivity contribution in [3.05, 3.63) is 57.5 Å². The smallest absolute Gasteiger partial charge is 0.372 e. The summed E-state index contributed by atoms with van der Waals surface area (Å²) in [7, 11) is 1.97. The molecule has 0 saturated carbocycles. The summed E-state index contributed by atoms with van der Waals surface area (Å²) >= 11 is 3.41. The Balaban J connectivity index is 2.00. The van der Waals surface area contributed by atoms with Crippen molar-refractivity contribution in [2.45, 2.75) is 20.0 Å². The van der Waals surface area contributed by atoms with Gasteiger partial charge in [0.15, 0.2) is 0 Å². The molecular formula is C15H16BrNO3. The third-order valence-corrected chi connectivity index (χ3v) is 3.48. The van der Waals surface area contributed by atoms with Gasteiger partial charge in [-0.15, -0.1) is 0 Å². The molecule has 1 aromatic heterocycles. The van der Waals surface area contributed by atoms with Crippen LogP contribution in [-0.2, 0) is 13.1 Å². The number of carbonyl (C=O) groups is 1. The van der Waals surface area contributed by atoms with Gasteiger partial charge in [0.05, 0.1) is 6.54 Å². The molecule has 2 aromatic rings. The minimum atomic E-state index is -1.02. The zero-order valence-corrected chi connectivity index (χ0v) is 13.0. The quantitative estimate of drug-likeness (QED) is 0.904. The second-order valence-electron chi connectivity index (χ2n) is 4.83. The lowest BCUT2D eigenvalue weighted by atomic mass is 10.2. The molecule has 1 heterocycles. The van der Waals surface area contributed by atoms with E-state index in [0.29, 0.717) is 17.9 Å². The van der Waals surface area contributed by atoms with E-state index >= 15 is 0 Å². The molecule has 0 amide bonds. The van der Waals surface area contributed by atoms with Gasteiger partial charge in [-0.25, -0.2) is 4.79 Å². The number of aromatic carboxylic acids is 1. The van der Waals surface area contributed by atoms with Crippen molar-refractivity contribution >= 4 is 21.9 Å². The summed E-state index contributed by atoms with van der Waals surface area (Å²) in [5.74, 6) is -0.333. The van der Waals surface area contributed by atoms with E-state index in [4.69, 9.17) is 9.52 Å². The molecule has 0 aliphatic rings. The maximum atomic E-state index is 10.9. The molecule has 0 fully saturated rings. The second kappa shape index (κ2) is 6.24. The van der Waals surface area contributed by atoms with Crippen LogP contribution in [0.1, 0.15) is 27.4 Å². The molecular weight excluding hydrogens is 322 g/mol. The molecule has 5 heteroatoms. The maximum absolute atomic E-state index is 10.9. The minimum Gasteiger partial charge on any atom is -0.475 e. The minimum absolute atomic E-state index is 0.0250. The van der Waals surface area contributed by atoms with Gasteiger partial charge in [0, 0.05) is 16.6 Å². The topological polar surface area (TPSA) is 53.7 Å². The Hall–Kier alpha value is -1.59. The number of nitrogens with zero attached hydrogens (tertiary/aromatic N) is 1. The number of aryl methyl sites for hydroxylation is 1. The largest absolute Gasteiger partial charge is 0.475 e. The number of carboxylic acids is 1. The van der Waals surface area contributed by atoms with E-state index in [0.717, 1.165) is 11.0 Å².